The smallest absolute Gasteiger partial charge is 0.334 e. The second kappa shape index (κ2) is 9.09. The largest absolute Gasteiger partial charge is 0.452 e. The summed E-state index contributed by atoms with van der Waals surface area (Å²) in [5.41, 5.74) is 1.58. The molecule has 0 radical (unpaired) electrons. The molecule has 7 nitrogen and oxygen atoms in total. The van der Waals surface area contributed by atoms with Gasteiger partial charge < -0.3 is 9.15 Å². The number of rotatable bonds is 5. The lowest BCUT2D eigenvalue weighted by Crippen LogP contribution is -2.45. The van der Waals surface area contributed by atoms with Crippen LogP contribution < -0.4 is 10.2 Å². The molecule has 180 valence electrons. The molecule has 1 atom stereocenters. The molecule has 8 heteroatoms. The summed E-state index contributed by atoms with van der Waals surface area (Å²) in [6.07, 6.45) is 0.695. The van der Waals surface area contributed by atoms with E-state index in [1.54, 1.807) is 48.5 Å². The number of hydrogen-bond donors (Lipinski definition) is 0. The Morgan fingerprint density at radius 3 is 2.22 bits per heavy atom. The first kappa shape index (κ1) is 23.5. The number of nitrogens with zero attached hydrogens (tertiary/aromatic N) is 1. The first-order valence-electron chi connectivity index (χ1n) is 11.3. The lowest BCUT2D eigenvalue weighted by molar-refractivity contribution is -0.138. The van der Waals surface area contributed by atoms with Crippen molar-refractivity contribution in [3.8, 4) is 17.1 Å². The molecule has 3 aromatic carbocycles. The fourth-order valence-electron chi connectivity index (χ4n) is 4.18. The Bertz CT molecular complexity index is 1570. The number of amides is 2. The Kier molecular flexibility index (Phi) is 5.94. The fourth-order valence-corrected chi connectivity index (χ4v) is 4.31. The van der Waals surface area contributed by atoms with Gasteiger partial charge in [0.15, 0.2) is 5.76 Å². The van der Waals surface area contributed by atoms with E-state index in [0.717, 1.165) is 10.5 Å². The monoisotopic (exact) mass is 501 g/mol. The van der Waals surface area contributed by atoms with Gasteiger partial charge in [0.1, 0.15) is 11.6 Å². The molecule has 0 spiro atoms. The Hall–Kier alpha value is -4.23. The van der Waals surface area contributed by atoms with Crippen molar-refractivity contribution in [3.63, 3.8) is 0 Å². The number of halogens is 1. The predicted octanol–water partition coefficient (Wildman–Crippen LogP) is 5.27. The summed E-state index contributed by atoms with van der Waals surface area (Å²) < 4.78 is 11.6. The van der Waals surface area contributed by atoms with Crippen molar-refractivity contribution < 1.29 is 23.5 Å². The number of fused-ring (bicyclic) bond motifs is 2. The zero-order chi connectivity index (χ0) is 25.6. The van der Waals surface area contributed by atoms with Gasteiger partial charge in [0, 0.05) is 10.6 Å². The van der Waals surface area contributed by atoms with Crippen molar-refractivity contribution in [2.24, 2.45) is 0 Å². The zero-order valence-electron chi connectivity index (χ0n) is 19.4. The SMILES string of the molecule is CCc1ccc2oc(-c3ccc(Cl)cc3)c(OC(=O)[C@@H](C)N3C(=O)c4ccccc4C3=O)c(=O)c2c1. The van der Waals surface area contributed by atoms with Gasteiger partial charge >= 0.3 is 5.97 Å². The Morgan fingerprint density at radius 2 is 1.61 bits per heavy atom. The van der Waals surface area contributed by atoms with Crippen molar-refractivity contribution in [3.05, 3.63) is 98.7 Å². The number of aryl methyl sites for hydroxylation is 1. The molecule has 1 aliphatic heterocycles. The van der Waals surface area contributed by atoms with Gasteiger partial charge in [-0.1, -0.05) is 36.7 Å². The number of benzene rings is 3. The molecule has 4 aromatic rings. The highest BCUT2D eigenvalue weighted by Gasteiger charge is 2.41. The maximum Gasteiger partial charge on any atom is 0.334 e. The van der Waals surface area contributed by atoms with E-state index in [-0.39, 0.29) is 28.0 Å². The van der Waals surface area contributed by atoms with Gasteiger partial charge in [-0.25, -0.2) is 4.79 Å². The van der Waals surface area contributed by atoms with E-state index < -0.39 is 29.3 Å². The summed E-state index contributed by atoms with van der Waals surface area (Å²) in [6.45, 7) is 3.33. The van der Waals surface area contributed by atoms with Crippen LogP contribution in [-0.4, -0.2) is 28.7 Å². The highest BCUT2D eigenvalue weighted by molar-refractivity contribution is 6.30. The van der Waals surface area contributed by atoms with Crippen LogP contribution in [0.1, 0.15) is 40.1 Å². The van der Waals surface area contributed by atoms with Crippen LogP contribution >= 0.6 is 11.6 Å². The first-order chi connectivity index (χ1) is 17.3. The third-order valence-electron chi connectivity index (χ3n) is 6.18. The molecule has 2 heterocycles. The van der Waals surface area contributed by atoms with Gasteiger partial charge in [-0.05, 0) is 67.4 Å². The number of esters is 1. The fraction of sp³-hybridized carbons (Fsp3) is 0.143. The first-order valence-corrected chi connectivity index (χ1v) is 11.7. The molecule has 36 heavy (non-hydrogen) atoms. The lowest BCUT2D eigenvalue weighted by atomic mass is 10.1. The molecule has 5 rings (SSSR count). The van der Waals surface area contributed by atoms with Crippen LogP contribution in [0.5, 0.6) is 5.75 Å². The number of carbonyl (C=O) groups is 3. The maximum atomic E-state index is 13.5. The van der Waals surface area contributed by atoms with Crippen LogP contribution in [0.2, 0.25) is 5.02 Å². The second-order valence-corrected chi connectivity index (χ2v) is 8.84. The van der Waals surface area contributed by atoms with Crippen molar-refractivity contribution >= 4 is 40.4 Å². The van der Waals surface area contributed by atoms with Gasteiger partial charge in [-0.2, -0.15) is 0 Å². The van der Waals surface area contributed by atoms with E-state index in [0.29, 0.717) is 22.6 Å². The Labute approximate surface area is 210 Å². The quantitative estimate of drug-likeness (QED) is 0.273. The van der Waals surface area contributed by atoms with E-state index in [2.05, 4.69) is 0 Å². The summed E-state index contributed by atoms with van der Waals surface area (Å²) in [5, 5.41) is 0.732. The molecule has 0 unspecified atom stereocenters. The molecule has 2 amide bonds. The Morgan fingerprint density at radius 1 is 0.972 bits per heavy atom. The van der Waals surface area contributed by atoms with E-state index in [1.807, 2.05) is 13.0 Å². The van der Waals surface area contributed by atoms with Crippen LogP contribution in [0.3, 0.4) is 0 Å². The van der Waals surface area contributed by atoms with Crippen molar-refractivity contribution in [1.29, 1.82) is 0 Å². The average molecular weight is 502 g/mol. The topological polar surface area (TPSA) is 93.9 Å². The minimum Gasteiger partial charge on any atom is -0.452 e. The molecule has 0 saturated carbocycles. The van der Waals surface area contributed by atoms with Gasteiger partial charge in [-0.15, -0.1) is 0 Å². The van der Waals surface area contributed by atoms with Gasteiger partial charge in [-0.3, -0.25) is 19.3 Å². The highest BCUT2D eigenvalue weighted by atomic mass is 35.5. The molecule has 0 aliphatic carbocycles. The van der Waals surface area contributed by atoms with Crippen LogP contribution in [-0.2, 0) is 11.2 Å². The van der Waals surface area contributed by atoms with Crippen LogP contribution in [0, 0.1) is 0 Å². The van der Waals surface area contributed by atoms with Crippen LogP contribution in [0.25, 0.3) is 22.3 Å². The van der Waals surface area contributed by atoms with E-state index in [4.69, 9.17) is 20.8 Å². The van der Waals surface area contributed by atoms with Crippen molar-refractivity contribution in [2.45, 2.75) is 26.3 Å². The van der Waals surface area contributed by atoms with Crippen molar-refractivity contribution in [2.75, 3.05) is 0 Å². The molecular weight excluding hydrogens is 482 g/mol. The molecule has 0 bridgehead atoms. The summed E-state index contributed by atoms with van der Waals surface area (Å²) >= 11 is 6.02. The molecule has 1 aliphatic rings. The van der Waals surface area contributed by atoms with E-state index in [9.17, 15) is 19.2 Å². The number of imide groups is 1. The average Bonchev–Trinajstić information content (AvgIpc) is 3.15. The van der Waals surface area contributed by atoms with Gasteiger partial charge in [0.05, 0.1) is 16.5 Å². The van der Waals surface area contributed by atoms with E-state index >= 15 is 0 Å². The molecule has 0 fully saturated rings. The summed E-state index contributed by atoms with van der Waals surface area (Å²) in [7, 11) is 0. The summed E-state index contributed by atoms with van der Waals surface area (Å²) in [4.78, 5) is 53.3. The number of ether oxygens (including phenoxy) is 1. The molecular formula is C28H20ClNO6. The Balaban J connectivity index is 1.57. The number of hydrogen-bond acceptors (Lipinski definition) is 6. The van der Waals surface area contributed by atoms with Crippen molar-refractivity contribution in [1.82, 2.24) is 4.90 Å². The molecule has 0 N–H and O–H groups in total. The third-order valence-corrected chi connectivity index (χ3v) is 6.44. The van der Waals surface area contributed by atoms with Crippen LogP contribution in [0.15, 0.2) is 75.9 Å². The second-order valence-electron chi connectivity index (χ2n) is 8.40. The molecule has 0 saturated heterocycles. The van der Waals surface area contributed by atoms with E-state index in [1.165, 1.54) is 19.1 Å². The normalized spacial score (nSPS) is 13.7. The minimum absolute atomic E-state index is 0.0383. The molecule has 1 aromatic heterocycles. The third kappa shape index (κ3) is 3.87. The predicted molar refractivity (Wildman–Crippen MR) is 134 cm³/mol. The summed E-state index contributed by atoms with van der Waals surface area (Å²) in [6, 6.07) is 16.8. The zero-order valence-corrected chi connectivity index (χ0v) is 20.2. The maximum absolute atomic E-state index is 13.5. The number of carbonyl (C=O) groups excluding carboxylic acids is 3. The standard InChI is InChI=1S/C28H20ClNO6/c1-3-16-8-13-22-21(14-16)23(31)25(24(35-22)17-9-11-18(29)12-10-17)36-28(34)15(2)30-26(32)19-6-4-5-7-20(19)27(30)33/h4-15H,3H2,1-2H3/t15-/m1/s1. The lowest BCUT2D eigenvalue weighted by Gasteiger charge is -2.21. The summed E-state index contributed by atoms with van der Waals surface area (Å²) in [5.74, 6) is -2.44. The van der Waals surface area contributed by atoms with Gasteiger partial charge in [0.2, 0.25) is 11.2 Å². The highest BCUT2D eigenvalue weighted by Crippen LogP contribution is 2.33. The van der Waals surface area contributed by atoms with Gasteiger partial charge in [0.25, 0.3) is 11.8 Å². The minimum atomic E-state index is -1.28. The van der Waals surface area contributed by atoms with Crippen LogP contribution in [0.4, 0.5) is 0 Å².